The van der Waals surface area contributed by atoms with Crippen molar-refractivity contribution in [2.45, 2.75) is 92.9 Å². The lowest BCUT2D eigenvalue weighted by atomic mass is 9.80. The van der Waals surface area contributed by atoms with Crippen molar-refractivity contribution in [1.29, 1.82) is 0 Å². The number of hydrogen-bond donors (Lipinski definition) is 1. The van der Waals surface area contributed by atoms with Crippen LogP contribution < -0.4 is 0 Å². The molecular formula is C29H42O2. The lowest BCUT2D eigenvalue weighted by molar-refractivity contribution is -0.113. The highest BCUT2D eigenvalue weighted by Gasteiger charge is 2.26. The summed E-state index contributed by atoms with van der Waals surface area (Å²) < 4.78 is 0. The van der Waals surface area contributed by atoms with Crippen molar-refractivity contribution >= 4 is 11.9 Å². The molecule has 0 saturated heterocycles. The van der Waals surface area contributed by atoms with Gasteiger partial charge >= 0.3 is 0 Å². The fraction of sp³-hybridized carbons (Fsp3) is 0.552. The van der Waals surface area contributed by atoms with Crippen LogP contribution in [0.3, 0.4) is 0 Å². The van der Waals surface area contributed by atoms with Gasteiger partial charge in [-0.3, -0.25) is 4.79 Å². The van der Waals surface area contributed by atoms with Crippen molar-refractivity contribution < 1.29 is 9.90 Å². The molecule has 2 heteroatoms. The molecular weight excluding hydrogens is 380 g/mol. The maximum absolute atomic E-state index is 13.1. The molecule has 2 rings (SSSR count). The van der Waals surface area contributed by atoms with Crippen molar-refractivity contribution in [3.05, 3.63) is 57.7 Å². The fourth-order valence-corrected chi connectivity index (χ4v) is 4.12. The summed E-state index contributed by atoms with van der Waals surface area (Å²) in [6, 6.07) is 4.26. The molecule has 0 saturated carbocycles. The molecule has 1 aromatic carbocycles. The number of carbonyl (C=O) groups is 1. The zero-order chi connectivity index (χ0) is 23.3. The number of carbonyl (C=O) groups excluding carboxylic acids is 1. The molecule has 4 atom stereocenters. The number of hydrogen-bond acceptors (Lipinski definition) is 2. The van der Waals surface area contributed by atoms with Crippen molar-refractivity contribution in [3.63, 3.8) is 0 Å². The minimum Gasteiger partial charge on any atom is -0.507 e. The van der Waals surface area contributed by atoms with Crippen LogP contribution in [0.25, 0.3) is 6.08 Å². The van der Waals surface area contributed by atoms with Gasteiger partial charge in [-0.2, -0.15) is 0 Å². The van der Waals surface area contributed by atoms with Crippen molar-refractivity contribution in [2.75, 3.05) is 0 Å². The van der Waals surface area contributed by atoms with Crippen LogP contribution in [-0.2, 0) is 4.79 Å². The standard InChI is InChI=1S/C29H42O2/c1-9-18(5)24-14-22(15-25(28(24)30)19(6)10-2)13-23-16-26(20(7)11-3)29(31)27(17-23)21(8)12-4/h13-21,30H,9-12H2,1-8H3. The molecule has 0 amide bonds. The molecule has 0 heterocycles. The van der Waals surface area contributed by atoms with E-state index in [0.717, 1.165) is 59.1 Å². The summed E-state index contributed by atoms with van der Waals surface area (Å²) in [5, 5.41) is 11.0. The van der Waals surface area contributed by atoms with Gasteiger partial charge < -0.3 is 5.11 Å². The van der Waals surface area contributed by atoms with E-state index in [4.69, 9.17) is 0 Å². The number of ketones is 1. The van der Waals surface area contributed by atoms with Gasteiger partial charge in [0.05, 0.1) is 0 Å². The molecule has 0 fully saturated rings. The normalized spacial score (nSPS) is 18.2. The maximum atomic E-state index is 13.1. The number of benzene rings is 1. The van der Waals surface area contributed by atoms with Crippen LogP contribution >= 0.6 is 0 Å². The molecule has 1 N–H and O–H groups in total. The molecule has 0 bridgehead atoms. The number of allylic oxidation sites excluding steroid dienone is 5. The molecule has 0 aromatic heterocycles. The Labute approximate surface area is 190 Å². The Kier molecular flexibility index (Phi) is 8.91. The largest absolute Gasteiger partial charge is 0.507 e. The van der Waals surface area contributed by atoms with Gasteiger partial charge in [0.15, 0.2) is 5.78 Å². The lowest BCUT2D eigenvalue weighted by Gasteiger charge is -2.23. The van der Waals surface area contributed by atoms with E-state index in [0.29, 0.717) is 17.6 Å². The third kappa shape index (κ3) is 5.59. The predicted octanol–water partition coefficient (Wildman–Crippen LogP) is 8.33. The molecule has 0 aliphatic heterocycles. The number of phenolic OH excluding ortho intramolecular Hbond substituents is 1. The van der Waals surface area contributed by atoms with E-state index >= 15 is 0 Å². The number of rotatable bonds is 9. The van der Waals surface area contributed by atoms with Crippen molar-refractivity contribution in [1.82, 2.24) is 0 Å². The highest BCUT2D eigenvalue weighted by atomic mass is 16.3. The van der Waals surface area contributed by atoms with E-state index in [2.05, 4.69) is 85.8 Å². The first kappa shape index (κ1) is 25.2. The van der Waals surface area contributed by atoms with E-state index < -0.39 is 0 Å². The molecule has 1 aliphatic rings. The summed E-state index contributed by atoms with van der Waals surface area (Å²) in [4.78, 5) is 13.1. The van der Waals surface area contributed by atoms with Crippen molar-refractivity contribution in [3.8, 4) is 5.75 Å². The highest BCUT2D eigenvalue weighted by Crippen LogP contribution is 2.38. The van der Waals surface area contributed by atoms with Crippen LogP contribution in [0, 0.1) is 11.8 Å². The Morgan fingerprint density at radius 2 is 1.13 bits per heavy atom. The molecule has 2 nitrogen and oxygen atoms in total. The Bertz CT molecular complexity index is 821. The Hall–Kier alpha value is -2.09. The first-order valence-electron chi connectivity index (χ1n) is 12.2. The van der Waals surface area contributed by atoms with Gasteiger partial charge in [0.2, 0.25) is 0 Å². The second kappa shape index (κ2) is 11.0. The average molecular weight is 423 g/mol. The van der Waals surface area contributed by atoms with Gasteiger partial charge in [0.25, 0.3) is 0 Å². The molecule has 0 radical (unpaired) electrons. The first-order valence-corrected chi connectivity index (χ1v) is 12.2. The number of phenols is 1. The van der Waals surface area contributed by atoms with Crippen LogP contribution in [0.2, 0.25) is 0 Å². The van der Waals surface area contributed by atoms with E-state index in [1.807, 2.05) is 0 Å². The van der Waals surface area contributed by atoms with Crippen LogP contribution in [0.5, 0.6) is 5.75 Å². The Morgan fingerprint density at radius 1 is 0.742 bits per heavy atom. The zero-order valence-corrected chi connectivity index (χ0v) is 20.9. The van der Waals surface area contributed by atoms with E-state index in [9.17, 15) is 9.90 Å². The van der Waals surface area contributed by atoms with Gasteiger partial charge in [0, 0.05) is 11.1 Å². The lowest BCUT2D eigenvalue weighted by Crippen LogP contribution is -2.20. The second-order valence-corrected chi connectivity index (χ2v) is 9.46. The molecule has 1 aliphatic carbocycles. The van der Waals surface area contributed by atoms with Gasteiger partial charge in [-0.05, 0) is 102 Å². The maximum Gasteiger partial charge on any atom is 0.185 e. The van der Waals surface area contributed by atoms with Gasteiger partial charge in [-0.15, -0.1) is 0 Å². The molecule has 1 aromatic rings. The smallest absolute Gasteiger partial charge is 0.185 e. The fourth-order valence-electron chi connectivity index (χ4n) is 4.12. The Balaban J connectivity index is 2.67. The first-order chi connectivity index (χ1) is 14.7. The summed E-state index contributed by atoms with van der Waals surface area (Å²) in [6.45, 7) is 17.2. The molecule has 31 heavy (non-hydrogen) atoms. The Morgan fingerprint density at radius 3 is 1.48 bits per heavy atom. The van der Waals surface area contributed by atoms with E-state index in [-0.39, 0.29) is 17.6 Å². The highest BCUT2D eigenvalue weighted by molar-refractivity contribution is 6.11. The minimum atomic E-state index is 0.215. The van der Waals surface area contributed by atoms with E-state index in [1.54, 1.807) is 0 Å². The second-order valence-electron chi connectivity index (χ2n) is 9.46. The van der Waals surface area contributed by atoms with E-state index in [1.165, 1.54) is 0 Å². The van der Waals surface area contributed by atoms with Crippen molar-refractivity contribution in [2.24, 2.45) is 11.8 Å². The molecule has 4 unspecified atom stereocenters. The summed E-state index contributed by atoms with van der Waals surface area (Å²) in [5.74, 6) is 1.76. The summed E-state index contributed by atoms with van der Waals surface area (Å²) in [6.07, 6.45) is 10.2. The van der Waals surface area contributed by atoms with Gasteiger partial charge in [0.1, 0.15) is 5.75 Å². The number of aromatic hydroxyl groups is 1. The number of Topliss-reactive ketones (excluding diaryl/α,β-unsaturated/α-hetero) is 1. The van der Waals surface area contributed by atoms with Gasteiger partial charge in [-0.25, -0.2) is 0 Å². The minimum absolute atomic E-state index is 0.215. The zero-order valence-electron chi connectivity index (χ0n) is 20.9. The SMILES string of the molecule is CCC(C)C1=CC(=Cc2cc(C(C)CC)c(O)c(C(C)CC)c2)C=C(C(C)CC)C1=O. The third-order valence-electron chi connectivity index (χ3n) is 7.27. The van der Waals surface area contributed by atoms with Crippen LogP contribution in [0.4, 0.5) is 0 Å². The summed E-state index contributed by atoms with van der Waals surface area (Å²) in [7, 11) is 0. The monoisotopic (exact) mass is 422 g/mol. The van der Waals surface area contributed by atoms with Crippen LogP contribution in [-0.4, -0.2) is 10.9 Å². The average Bonchev–Trinajstić information content (AvgIpc) is 2.78. The van der Waals surface area contributed by atoms with Crippen LogP contribution in [0.1, 0.15) is 110 Å². The van der Waals surface area contributed by atoms with Crippen LogP contribution in [0.15, 0.2) is 41.0 Å². The predicted molar refractivity (Wildman–Crippen MR) is 134 cm³/mol. The summed E-state index contributed by atoms with van der Waals surface area (Å²) >= 11 is 0. The molecule has 170 valence electrons. The summed E-state index contributed by atoms with van der Waals surface area (Å²) in [5.41, 5.74) is 6.09. The van der Waals surface area contributed by atoms with Gasteiger partial charge in [-0.1, -0.05) is 55.4 Å². The topological polar surface area (TPSA) is 37.3 Å². The quantitative estimate of drug-likeness (QED) is 0.434. The third-order valence-corrected chi connectivity index (χ3v) is 7.27. The molecule has 0 spiro atoms.